The molecule has 15 heteroatoms. The molecule has 0 radical (unpaired) electrons. The lowest BCUT2D eigenvalue weighted by molar-refractivity contribution is 0.0508. The Balaban J connectivity index is 2.47. The van der Waals surface area contributed by atoms with Gasteiger partial charge in [-0.25, -0.2) is 24.0 Å². The molecule has 1 aromatic rings. The van der Waals surface area contributed by atoms with Gasteiger partial charge < -0.3 is 51.6 Å². The molecule has 0 heterocycles. The molecule has 4 unspecified atom stereocenters. The second-order valence-corrected chi connectivity index (χ2v) is 12.0. The van der Waals surface area contributed by atoms with Crippen LogP contribution in [-0.4, -0.2) is 97.7 Å². The Kier molecular flexibility index (Phi) is 17.4. The highest BCUT2D eigenvalue weighted by molar-refractivity contribution is 5.77. The topological polar surface area (TPSA) is 191 Å². The van der Waals surface area contributed by atoms with Crippen LogP contribution in [0.1, 0.15) is 54.0 Å². The Morgan fingerprint density at radius 1 is 0.761 bits per heavy atom. The van der Waals surface area contributed by atoms with Crippen molar-refractivity contribution in [3.8, 4) is 0 Å². The van der Waals surface area contributed by atoms with E-state index in [4.69, 9.17) is 9.47 Å². The van der Waals surface area contributed by atoms with Gasteiger partial charge in [0.25, 0.3) is 0 Å². The molecular formula is C31H52N8O7. The van der Waals surface area contributed by atoms with E-state index in [1.807, 2.05) is 37.3 Å². The largest absolute Gasteiger partial charge is 0.445 e. The van der Waals surface area contributed by atoms with E-state index in [9.17, 15) is 24.0 Å². The van der Waals surface area contributed by atoms with E-state index in [1.54, 1.807) is 46.4 Å². The van der Waals surface area contributed by atoms with Gasteiger partial charge in [0.15, 0.2) is 0 Å². The fourth-order valence-corrected chi connectivity index (χ4v) is 3.78. The summed E-state index contributed by atoms with van der Waals surface area (Å²) in [5.74, 6) is 0. The van der Waals surface area contributed by atoms with Gasteiger partial charge in [0.05, 0.1) is 0 Å². The van der Waals surface area contributed by atoms with Crippen molar-refractivity contribution >= 4 is 30.3 Å². The van der Waals surface area contributed by atoms with Gasteiger partial charge in [-0.15, -0.1) is 0 Å². The molecule has 0 saturated carbocycles. The van der Waals surface area contributed by atoms with Gasteiger partial charge in [-0.1, -0.05) is 43.0 Å². The Labute approximate surface area is 272 Å². The number of amides is 8. The highest BCUT2D eigenvalue weighted by Crippen LogP contribution is 2.09. The van der Waals surface area contributed by atoms with Crippen molar-refractivity contribution in [2.24, 2.45) is 0 Å². The number of alkyl carbamates (subject to hydrolysis) is 2. The number of carbonyl (C=O) groups excluding carboxylic acids is 5. The van der Waals surface area contributed by atoms with Crippen LogP contribution < -0.4 is 37.2 Å². The van der Waals surface area contributed by atoms with E-state index >= 15 is 0 Å². The highest BCUT2D eigenvalue weighted by Gasteiger charge is 2.22. The fraction of sp³-hybridized carbons (Fsp3) is 0.581. The Morgan fingerprint density at radius 3 is 1.80 bits per heavy atom. The van der Waals surface area contributed by atoms with Crippen LogP contribution in [0.4, 0.5) is 24.0 Å². The first kappa shape index (κ1) is 39.3. The number of nitrogens with one attached hydrogen (secondary N) is 7. The molecule has 46 heavy (non-hydrogen) atoms. The zero-order valence-corrected chi connectivity index (χ0v) is 28.0. The van der Waals surface area contributed by atoms with Gasteiger partial charge in [-0.05, 0) is 54.0 Å². The van der Waals surface area contributed by atoms with E-state index < -0.39 is 41.9 Å². The van der Waals surface area contributed by atoms with Crippen LogP contribution in [-0.2, 0) is 16.0 Å². The minimum Gasteiger partial charge on any atom is -0.445 e. The molecule has 1 aromatic carbocycles. The summed E-state index contributed by atoms with van der Waals surface area (Å²) in [4.78, 5) is 63.1. The average molecular weight is 649 g/mol. The van der Waals surface area contributed by atoms with Crippen molar-refractivity contribution in [3.05, 3.63) is 48.6 Å². The van der Waals surface area contributed by atoms with Crippen molar-refractivity contribution in [3.63, 3.8) is 0 Å². The maximum atomic E-state index is 13.2. The molecule has 0 aliphatic rings. The quantitative estimate of drug-likeness (QED) is 0.134. The van der Waals surface area contributed by atoms with E-state index in [2.05, 4.69) is 43.8 Å². The number of nitrogens with zero attached hydrogens (tertiary/aromatic N) is 1. The molecule has 0 aliphatic heterocycles. The molecule has 0 bridgehead atoms. The van der Waals surface area contributed by atoms with E-state index in [0.29, 0.717) is 6.54 Å². The Hall–Kier alpha value is -4.69. The number of benzene rings is 1. The van der Waals surface area contributed by atoms with Crippen LogP contribution >= 0.6 is 0 Å². The first-order chi connectivity index (χ1) is 21.6. The lowest BCUT2D eigenvalue weighted by Gasteiger charge is -2.30. The molecule has 0 fully saturated rings. The summed E-state index contributed by atoms with van der Waals surface area (Å²) in [5.41, 5.74) is 0.285. The van der Waals surface area contributed by atoms with E-state index in [-0.39, 0.29) is 50.9 Å². The lowest BCUT2D eigenvalue weighted by Crippen LogP contribution is -2.53. The number of hydrogen-bond donors (Lipinski definition) is 7. The number of hydrogen-bond acceptors (Lipinski definition) is 7. The third kappa shape index (κ3) is 18.2. The summed E-state index contributed by atoms with van der Waals surface area (Å²) in [6, 6.07) is 6.58. The molecule has 4 atom stereocenters. The Bertz CT molecular complexity index is 1130. The number of ether oxygens (including phenoxy) is 2. The summed E-state index contributed by atoms with van der Waals surface area (Å²) >= 11 is 0. The highest BCUT2D eigenvalue weighted by atomic mass is 16.6. The maximum absolute atomic E-state index is 13.2. The van der Waals surface area contributed by atoms with Crippen LogP contribution in [0.5, 0.6) is 0 Å². The van der Waals surface area contributed by atoms with Gasteiger partial charge in [0.1, 0.15) is 12.2 Å². The van der Waals surface area contributed by atoms with Crippen LogP contribution in [0.15, 0.2) is 43.0 Å². The van der Waals surface area contributed by atoms with Gasteiger partial charge >= 0.3 is 30.3 Å². The molecule has 0 spiro atoms. The third-order valence-corrected chi connectivity index (χ3v) is 6.08. The van der Waals surface area contributed by atoms with Gasteiger partial charge in [0.2, 0.25) is 0 Å². The van der Waals surface area contributed by atoms with Crippen LogP contribution in [0.3, 0.4) is 0 Å². The Morgan fingerprint density at radius 2 is 1.28 bits per heavy atom. The minimum atomic E-state index is -0.625. The molecule has 8 amide bonds. The van der Waals surface area contributed by atoms with Crippen molar-refractivity contribution in [2.75, 3.05) is 32.8 Å². The second-order valence-electron chi connectivity index (χ2n) is 12.0. The number of rotatable bonds is 16. The third-order valence-electron chi connectivity index (χ3n) is 6.08. The number of urea groups is 3. The summed E-state index contributed by atoms with van der Waals surface area (Å²) in [7, 11) is 0. The molecule has 0 saturated heterocycles. The van der Waals surface area contributed by atoms with Crippen molar-refractivity contribution in [1.82, 2.24) is 42.1 Å². The SMILES string of the molecule is C=CCOC(=O)NCC(C)N(Cc1ccccc1)C(=O)NCC(C)NC(=O)NCC(C)NC(=O)NCC(C)NC(=O)OC(C)(C)C. The first-order valence-electron chi connectivity index (χ1n) is 15.3. The molecule has 15 nitrogen and oxygen atoms in total. The predicted octanol–water partition coefficient (Wildman–Crippen LogP) is 2.79. The van der Waals surface area contributed by atoms with E-state index in [0.717, 1.165) is 5.56 Å². The summed E-state index contributed by atoms with van der Waals surface area (Å²) in [6.07, 6.45) is 0.278. The summed E-state index contributed by atoms with van der Waals surface area (Å²) in [5, 5.41) is 18.9. The smallest absolute Gasteiger partial charge is 0.407 e. The standard InChI is InChI=1S/C31H52N8O7/c1-9-15-45-29(43)35-19-24(5)39(20-25-13-11-10-12-14-25)28(42)34-18-22(3)37-26(40)32-16-21(2)36-27(41)33-17-23(4)38-30(44)46-31(6,7)8/h9-14,21-24H,1,15-20H2,2-8H3,(H,34,42)(H,35,43)(H,38,44)(H2,32,37,40)(H2,33,36,41). The van der Waals surface area contributed by atoms with Gasteiger partial charge in [-0.3, -0.25) is 0 Å². The summed E-state index contributed by atoms with van der Waals surface area (Å²) < 4.78 is 10.1. The number of carbonyl (C=O) groups is 5. The van der Waals surface area contributed by atoms with Crippen molar-refractivity contribution < 1.29 is 33.4 Å². The fourth-order valence-electron chi connectivity index (χ4n) is 3.78. The maximum Gasteiger partial charge on any atom is 0.407 e. The zero-order chi connectivity index (χ0) is 34.7. The van der Waals surface area contributed by atoms with Crippen molar-refractivity contribution in [1.29, 1.82) is 0 Å². The molecule has 7 N–H and O–H groups in total. The normalized spacial score (nSPS) is 13.4. The predicted molar refractivity (Wildman–Crippen MR) is 175 cm³/mol. The molecular weight excluding hydrogens is 596 g/mol. The van der Waals surface area contributed by atoms with Gasteiger partial charge in [0, 0.05) is 56.9 Å². The van der Waals surface area contributed by atoms with Gasteiger partial charge in [-0.2, -0.15) is 0 Å². The zero-order valence-electron chi connectivity index (χ0n) is 28.0. The minimum absolute atomic E-state index is 0.0770. The van der Waals surface area contributed by atoms with E-state index in [1.165, 1.54) is 6.08 Å². The lowest BCUT2D eigenvalue weighted by atomic mass is 10.2. The van der Waals surface area contributed by atoms with Crippen LogP contribution in [0.25, 0.3) is 0 Å². The van der Waals surface area contributed by atoms with Crippen molar-refractivity contribution in [2.45, 2.75) is 84.8 Å². The molecule has 1 rings (SSSR count). The molecule has 258 valence electrons. The monoisotopic (exact) mass is 648 g/mol. The second kappa shape index (κ2) is 20.4. The molecule has 0 aromatic heterocycles. The first-order valence-corrected chi connectivity index (χ1v) is 15.3. The summed E-state index contributed by atoms with van der Waals surface area (Å²) in [6.45, 7) is 16.8. The average Bonchev–Trinajstić information content (AvgIpc) is 2.97. The van der Waals surface area contributed by atoms with Crippen LogP contribution in [0.2, 0.25) is 0 Å². The van der Waals surface area contributed by atoms with Crippen LogP contribution in [0, 0.1) is 0 Å². The molecule has 0 aliphatic carbocycles.